The van der Waals surface area contributed by atoms with Crippen LogP contribution in [0.2, 0.25) is 0 Å². The van der Waals surface area contributed by atoms with Gasteiger partial charge >= 0.3 is 0 Å². The van der Waals surface area contributed by atoms with Gasteiger partial charge in [-0.25, -0.2) is 0 Å². The van der Waals surface area contributed by atoms with Crippen LogP contribution in [-0.2, 0) is 9.59 Å². The zero-order valence-electron chi connectivity index (χ0n) is 8.91. The Hall–Kier alpha value is -2.76. The van der Waals surface area contributed by atoms with E-state index in [0.717, 1.165) is 24.3 Å². The molecule has 0 unspecified atom stereocenters. The fourth-order valence-corrected chi connectivity index (χ4v) is 1.69. The van der Waals surface area contributed by atoms with Gasteiger partial charge in [0, 0.05) is 24.3 Å². The second-order valence-corrected chi connectivity index (χ2v) is 3.67. The van der Waals surface area contributed by atoms with Gasteiger partial charge < -0.3 is 20.4 Å². The van der Waals surface area contributed by atoms with Gasteiger partial charge in [-0.05, 0) is 0 Å². The van der Waals surface area contributed by atoms with E-state index in [9.17, 15) is 30.0 Å². The Balaban J connectivity index is 2.68. The number of carbonyl (C=O) groups excluding carboxylic acids is 2. The monoisotopic (exact) mass is 248 g/mol. The summed E-state index contributed by atoms with van der Waals surface area (Å²) in [6, 6.07) is 0. The molecule has 0 aliphatic heterocycles. The standard InChI is InChI=1S/C12H8O6/c13-5-1-7(15)11(8(16)2-5)12-9(17)3-6(14)4-10(12)18/h1-4,15-18H. The first-order chi connectivity index (χ1) is 8.40. The van der Waals surface area contributed by atoms with Gasteiger partial charge in [-0.2, -0.15) is 0 Å². The van der Waals surface area contributed by atoms with Crippen LogP contribution >= 0.6 is 0 Å². The van der Waals surface area contributed by atoms with Crippen LogP contribution in [0.4, 0.5) is 0 Å². The highest BCUT2D eigenvalue weighted by atomic mass is 16.3. The van der Waals surface area contributed by atoms with Crippen LogP contribution in [0.25, 0.3) is 0 Å². The topological polar surface area (TPSA) is 115 Å². The number of rotatable bonds is 0. The molecule has 0 aromatic carbocycles. The summed E-state index contributed by atoms with van der Waals surface area (Å²) in [4.78, 5) is 22.0. The van der Waals surface area contributed by atoms with Crippen molar-refractivity contribution in [2.24, 2.45) is 0 Å². The number of hydrogen-bond donors (Lipinski definition) is 4. The molecule has 0 amide bonds. The van der Waals surface area contributed by atoms with Crippen LogP contribution in [0.15, 0.2) is 58.5 Å². The molecule has 0 aromatic rings. The van der Waals surface area contributed by atoms with Gasteiger partial charge in [0.25, 0.3) is 0 Å². The first kappa shape index (κ1) is 11.7. The lowest BCUT2D eigenvalue weighted by atomic mass is 9.93. The summed E-state index contributed by atoms with van der Waals surface area (Å²) in [6.07, 6.45) is 3.27. The van der Waals surface area contributed by atoms with Crippen molar-refractivity contribution in [3.05, 3.63) is 58.5 Å². The summed E-state index contributed by atoms with van der Waals surface area (Å²) in [5, 5.41) is 38.3. The van der Waals surface area contributed by atoms with E-state index in [1.54, 1.807) is 0 Å². The molecule has 0 radical (unpaired) electrons. The molecule has 2 rings (SSSR count). The average molecular weight is 248 g/mol. The second kappa shape index (κ2) is 3.92. The van der Waals surface area contributed by atoms with E-state index in [1.807, 2.05) is 0 Å². The molecule has 0 bridgehead atoms. The molecule has 0 fully saturated rings. The number of allylic oxidation sites excluding steroid dienone is 4. The minimum Gasteiger partial charge on any atom is -0.507 e. The van der Waals surface area contributed by atoms with Crippen molar-refractivity contribution in [2.75, 3.05) is 0 Å². The molecule has 92 valence electrons. The molecular formula is C12H8O6. The first-order valence-electron chi connectivity index (χ1n) is 4.86. The van der Waals surface area contributed by atoms with Gasteiger partial charge in [0.1, 0.15) is 23.0 Å². The van der Waals surface area contributed by atoms with Crippen molar-refractivity contribution in [1.29, 1.82) is 0 Å². The Bertz CT molecular complexity index is 510. The van der Waals surface area contributed by atoms with Crippen LogP contribution in [-0.4, -0.2) is 32.0 Å². The zero-order valence-corrected chi connectivity index (χ0v) is 8.91. The largest absolute Gasteiger partial charge is 0.507 e. The van der Waals surface area contributed by atoms with Crippen LogP contribution in [0.5, 0.6) is 0 Å². The lowest BCUT2D eigenvalue weighted by molar-refractivity contribution is -0.111. The van der Waals surface area contributed by atoms with Crippen molar-refractivity contribution >= 4 is 11.6 Å². The van der Waals surface area contributed by atoms with Gasteiger partial charge in [-0.15, -0.1) is 0 Å². The van der Waals surface area contributed by atoms with E-state index in [-0.39, 0.29) is 11.1 Å². The Kier molecular flexibility index (Phi) is 2.55. The number of aliphatic hydroxyl groups is 4. The third kappa shape index (κ3) is 1.80. The minimum atomic E-state index is -0.631. The third-order valence-electron chi connectivity index (χ3n) is 2.39. The van der Waals surface area contributed by atoms with Crippen molar-refractivity contribution in [2.45, 2.75) is 0 Å². The Morgan fingerprint density at radius 3 is 1.00 bits per heavy atom. The normalized spacial score (nSPS) is 20.2. The maximum Gasteiger partial charge on any atom is 0.186 e. The van der Waals surface area contributed by atoms with E-state index >= 15 is 0 Å². The van der Waals surface area contributed by atoms with Gasteiger partial charge in [0.2, 0.25) is 0 Å². The molecule has 6 nitrogen and oxygen atoms in total. The number of aliphatic hydroxyl groups excluding tert-OH is 4. The van der Waals surface area contributed by atoms with Gasteiger partial charge in [-0.3, -0.25) is 9.59 Å². The summed E-state index contributed by atoms with van der Waals surface area (Å²) >= 11 is 0. The molecule has 0 atom stereocenters. The summed E-state index contributed by atoms with van der Waals surface area (Å²) in [7, 11) is 0. The van der Waals surface area contributed by atoms with Gasteiger partial charge in [-0.1, -0.05) is 0 Å². The summed E-state index contributed by atoms with van der Waals surface area (Å²) in [5.41, 5.74) is -0.630. The second-order valence-electron chi connectivity index (χ2n) is 3.67. The lowest BCUT2D eigenvalue weighted by Gasteiger charge is -2.17. The first-order valence-corrected chi connectivity index (χ1v) is 4.86. The number of ketones is 2. The minimum absolute atomic E-state index is 0.315. The molecule has 0 aromatic heterocycles. The fourth-order valence-electron chi connectivity index (χ4n) is 1.69. The Morgan fingerprint density at radius 1 is 0.556 bits per heavy atom. The Morgan fingerprint density at radius 2 is 0.778 bits per heavy atom. The van der Waals surface area contributed by atoms with Crippen LogP contribution in [0.1, 0.15) is 0 Å². The van der Waals surface area contributed by atoms with Crippen LogP contribution in [0, 0.1) is 0 Å². The zero-order chi connectivity index (χ0) is 13.4. The van der Waals surface area contributed by atoms with E-state index in [0.29, 0.717) is 0 Å². The molecule has 6 heteroatoms. The van der Waals surface area contributed by atoms with E-state index in [1.165, 1.54) is 0 Å². The molecule has 18 heavy (non-hydrogen) atoms. The highest BCUT2D eigenvalue weighted by Gasteiger charge is 2.28. The maximum atomic E-state index is 11.0. The number of hydrogen-bond acceptors (Lipinski definition) is 6. The fraction of sp³-hybridized carbons (Fsp3) is 0. The molecule has 4 N–H and O–H groups in total. The third-order valence-corrected chi connectivity index (χ3v) is 2.39. The SMILES string of the molecule is O=C1C=C(O)C(=C2C(O)=CC(=O)C=C2O)C(O)=C1. The smallest absolute Gasteiger partial charge is 0.186 e. The van der Waals surface area contributed by atoms with Crippen molar-refractivity contribution < 1.29 is 30.0 Å². The molecular weight excluding hydrogens is 240 g/mol. The van der Waals surface area contributed by atoms with Crippen molar-refractivity contribution in [3.8, 4) is 0 Å². The molecule has 2 aliphatic rings. The van der Waals surface area contributed by atoms with Gasteiger partial charge in [0.15, 0.2) is 11.6 Å². The highest BCUT2D eigenvalue weighted by molar-refractivity contribution is 6.04. The summed E-state index contributed by atoms with van der Waals surface area (Å²) in [6.45, 7) is 0. The van der Waals surface area contributed by atoms with E-state index in [4.69, 9.17) is 0 Å². The molecule has 0 spiro atoms. The average Bonchev–Trinajstić information content (AvgIpc) is 2.20. The van der Waals surface area contributed by atoms with E-state index in [2.05, 4.69) is 0 Å². The summed E-state index contributed by atoms with van der Waals surface area (Å²) in [5.74, 6) is -3.69. The number of carbonyl (C=O) groups is 2. The van der Waals surface area contributed by atoms with Crippen molar-refractivity contribution in [3.63, 3.8) is 0 Å². The summed E-state index contributed by atoms with van der Waals surface area (Å²) < 4.78 is 0. The predicted molar refractivity (Wildman–Crippen MR) is 59.9 cm³/mol. The Labute approximate surface area is 101 Å². The quantitative estimate of drug-likeness (QED) is 0.512. The van der Waals surface area contributed by atoms with Crippen LogP contribution in [0.3, 0.4) is 0 Å². The molecule has 0 heterocycles. The van der Waals surface area contributed by atoms with Crippen LogP contribution < -0.4 is 0 Å². The predicted octanol–water partition coefficient (Wildman–Crippen LogP) is 1.22. The molecule has 2 aliphatic carbocycles. The van der Waals surface area contributed by atoms with E-state index < -0.39 is 34.6 Å². The maximum absolute atomic E-state index is 11.0. The molecule has 0 saturated heterocycles. The lowest BCUT2D eigenvalue weighted by Crippen LogP contribution is -2.13. The molecule has 0 saturated carbocycles. The van der Waals surface area contributed by atoms with Gasteiger partial charge in [0.05, 0.1) is 11.1 Å². The highest BCUT2D eigenvalue weighted by Crippen LogP contribution is 2.32. The van der Waals surface area contributed by atoms with Crippen molar-refractivity contribution in [1.82, 2.24) is 0 Å².